The molecule has 1 aliphatic rings. The molecule has 1 rings (SSSR count). The number of carbonyl (C=O) groups is 1. The summed E-state index contributed by atoms with van der Waals surface area (Å²) in [5.41, 5.74) is 5.70. The molecule has 0 radical (unpaired) electrons. The Kier molecular flexibility index (Phi) is 5.56. The molecule has 0 aromatic carbocycles. The summed E-state index contributed by atoms with van der Waals surface area (Å²) in [5, 5.41) is 3.04. The molecular weight excluding hydrogens is 230 g/mol. The fourth-order valence-electron chi connectivity index (χ4n) is 1.90. The molecule has 1 saturated heterocycles. The number of carbonyl (C=O) groups excluding carboxylic acids is 1. The minimum absolute atomic E-state index is 0.00273. The number of nitrogens with zero attached hydrogens (tertiary/aromatic N) is 1. The molecule has 0 saturated carbocycles. The highest BCUT2D eigenvalue weighted by Crippen LogP contribution is 2.09. The fraction of sp³-hybridized carbons (Fsp3) is 0.923. The number of ether oxygens (including phenoxy) is 1. The van der Waals surface area contributed by atoms with Crippen LogP contribution in [0.5, 0.6) is 0 Å². The van der Waals surface area contributed by atoms with Crippen molar-refractivity contribution in [3.8, 4) is 0 Å². The summed E-state index contributed by atoms with van der Waals surface area (Å²) in [6.45, 7) is 10.7. The van der Waals surface area contributed by atoms with Crippen LogP contribution in [0.25, 0.3) is 0 Å². The average molecular weight is 257 g/mol. The van der Waals surface area contributed by atoms with Crippen LogP contribution in [-0.4, -0.2) is 54.7 Å². The zero-order chi connectivity index (χ0) is 13.8. The van der Waals surface area contributed by atoms with Crippen LogP contribution in [0.1, 0.15) is 34.1 Å². The lowest BCUT2D eigenvalue weighted by molar-refractivity contribution is -0.126. The first-order chi connectivity index (χ1) is 8.34. The van der Waals surface area contributed by atoms with Crippen molar-refractivity contribution in [1.82, 2.24) is 10.2 Å². The van der Waals surface area contributed by atoms with Crippen LogP contribution in [-0.2, 0) is 9.53 Å². The lowest BCUT2D eigenvalue weighted by atomic mass is 10.0. The summed E-state index contributed by atoms with van der Waals surface area (Å²) in [7, 11) is 0. The predicted octanol–water partition coefficient (Wildman–Crippen LogP) is 0.339. The van der Waals surface area contributed by atoms with Crippen LogP contribution < -0.4 is 11.1 Å². The van der Waals surface area contributed by atoms with E-state index in [0.717, 1.165) is 19.5 Å². The van der Waals surface area contributed by atoms with E-state index in [0.29, 0.717) is 13.2 Å². The third kappa shape index (κ3) is 4.92. The van der Waals surface area contributed by atoms with Gasteiger partial charge in [-0.05, 0) is 27.2 Å². The van der Waals surface area contributed by atoms with E-state index in [1.807, 2.05) is 20.8 Å². The van der Waals surface area contributed by atoms with Gasteiger partial charge in [-0.2, -0.15) is 0 Å². The van der Waals surface area contributed by atoms with Crippen LogP contribution in [0.3, 0.4) is 0 Å². The Labute approximate surface area is 110 Å². The summed E-state index contributed by atoms with van der Waals surface area (Å²) in [4.78, 5) is 14.0. The molecule has 2 atom stereocenters. The minimum Gasteiger partial charge on any atom is -0.374 e. The molecule has 3 N–H and O–H groups in total. The predicted molar refractivity (Wildman–Crippen MR) is 72.3 cm³/mol. The second-order valence-electron chi connectivity index (χ2n) is 5.79. The summed E-state index contributed by atoms with van der Waals surface area (Å²) < 4.78 is 5.57. The third-order valence-corrected chi connectivity index (χ3v) is 3.49. The van der Waals surface area contributed by atoms with E-state index < -0.39 is 0 Å². The summed E-state index contributed by atoms with van der Waals surface area (Å²) in [6, 6.07) is 0.00273. The standard InChI is InChI=1S/C13H27N3O2/c1-5-13(3,4)15-12(17)9-16-6-7-18-11(8-16)10(2)14/h10-11H,5-9,14H2,1-4H3,(H,15,17). The number of hydrogen-bond acceptors (Lipinski definition) is 4. The number of nitrogens with one attached hydrogen (secondary N) is 1. The van der Waals surface area contributed by atoms with Crippen LogP contribution in [0, 0.1) is 0 Å². The van der Waals surface area contributed by atoms with Crippen molar-refractivity contribution in [3.05, 3.63) is 0 Å². The zero-order valence-electron chi connectivity index (χ0n) is 12.0. The largest absolute Gasteiger partial charge is 0.374 e. The van der Waals surface area contributed by atoms with Crippen LogP contribution in [0.2, 0.25) is 0 Å². The van der Waals surface area contributed by atoms with Gasteiger partial charge >= 0.3 is 0 Å². The molecule has 1 heterocycles. The maximum absolute atomic E-state index is 11.9. The third-order valence-electron chi connectivity index (χ3n) is 3.49. The van der Waals surface area contributed by atoms with E-state index in [2.05, 4.69) is 17.1 Å². The van der Waals surface area contributed by atoms with Crippen molar-refractivity contribution in [2.24, 2.45) is 5.73 Å². The van der Waals surface area contributed by atoms with E-state index in [1.165, 1.54) is 0 Å². The first-order valence-corrected chi connectivity index (χ1v) is 6.74. The van der Waals surface area contributed by atoms with Crippen molar-refractivity contribution in [1.29, 1.82) is 0 Å². The van der Waals surface area contributed by atoms with Crippen LogP contribution in [0.15, 0.2) is 0 Å². The number of rotatable bonds is 5. The smallest absolute Gasteiger partial charge is 0.234 e. The Morgan fingerprint density at radius 2 is 2.28 bits per heavy atom. The van der Waals surface area contributed by atoms with E-state index in [4.69, 9.17) is 10.5 Å². The van der Waals surface area contributed by atoms with Gasteiger partial charge in [-0.1, -0.05) is 6.92 Å². The van der Waals surface area contributed by atoms with E-state index in [1.54, 1.807) is 0 Å². The zero-order valence-corrected chi connectivity index (χ0v) is 12.0. The molecule has 1 aliphatic heterocycles. The topological polar surface area (TPSA) is 67.6 Å². The van der Waals surface area contributed by atoms with Crippen LogP contribution in [0.4, 0.5) is 0 Å². The first kappa shape index (κ1) is 15.4. The number of nitrogens with two attached hydrogens (primary N) is 1. The van der Waals surface area contributed by atoms with Gasteiger partial charge < -0.3 is 15.8 Å². The van der Waals surface area contributed by atoms with E-state index >= 15 is 0 Å². The summed E-state index contributed by atoms with van der Waals surface area (Å²) in [5.74, 6) is 0.0761. The van der Waals surface area contributed by atoms with E-state index in [9.17, 15) is 4.79 Å². The van der Waals surface area contributed by atoms with Gasteiger partial charge in [0.25, 0.3) is 0 Å². The Hall–Kier alpha value is -0.650. The van der Waals surface area contributed by atoms with Gasteiger partial charge in [0.15, 0.2) is 0 Å². The molecule has 106 valence electrons. The molecule has 1 fully saturated rings. The van der Waals surface area contributed by atoms with E-state index in [-0.39, 0.29) is 23.6 Å². The molecule has 18 heavy (non-hydrogen) atoms. The van der Waals surface area contributed by atoms with Gasteiger partial charge in [0.2, 0.25) is 5.91 Å². The van der Waals surface area contributed by atoms with Gasteiger partial charge in [0.05, 0.1) is 19.3 Å². The normalized spacial score (nSPS) is 23.7. The molecular formula is C13H27N3O2. The fourth-order valence-corrected chi connectivity index (χ4v) is 1.90. The van der Waals surface area contributed by atoms with Crippen molar-refractivity contribution in [2.75, 3.05) is 26.2 Å². The Morgan fingerprint density at radius 1 is 1.61 bits per heavy atom. The monoisotopic (exact) mass is 257 g/mol. The molecule has 0 aromatic heterocycles. The maximum Gasteiger partial charge on any atom is 0.234 e. The highest BCUT2D eigenvalue weighted by molar-refractivity contribution is 5.78. The second kappa shape index (κ2) is 6.50. The highest BCUT2D eigenvalue weighted by Gasteiger charge is 2.26. The van der Waals surface area contributed by atoms with Gasteiger partial charge in [0, 0.05) is 24.7 Å². The molecule has 2 unspecified atom stereocenters. The minimum atomic E-state index is -0.135. The summed E-state index contributed by atoms with van der Waals surface area (Å²) >= 11 is 0. The van der Waals surface area contributed by atoms with Gasteiger partial charge in [-0.15, -0.1) is 0 Å². The van der Waals surface area contributed by atoms with Crippen molar-refractivity contribution < 1.29 is 9.53 Å². The van der Waals surface area contributed by atoms with Crippen LogP contribution >= 0.6 is 0 Å². The van der Waals surface area contributed by atoms with Crippen molar-refractivity contribution in [2.45, 2.75) is 51.8 Å². The van der Waals surface area contributed by atoms with Gasteiger partial charge in [0.1, 0.15) is 0 Å². The first-order valence-electron chi connectivity index (χ1n) is 6.74. The number of hydrogen-bond donors (Lipinski definition) is 2. The molecule has 0 aromatic rings. The molecule has 5 nitrogen and oxygen atoms in total. The quantitative estimate of drug-likeness (QED) is 0.745. The number of amides is 1. The lowest BCUT2D eigenvalue weighted by Gasteiger charge is -2.35. The average Bonchev–Trinajstić information content (AvgIpc) is 2.28. The second-order valence-corrected chi connectivity index (χ2v) is 5.79. The summed E-state index contributed by atoms with van der Waals surface area (Å²) in [6.07, 6.45) is 0.954. The van der Waals surface area contributed by atoms with Gasteiger partial charge in [-0.3, -0.25) is 9.69 Å². The SMILES string of the molecule is CCC(C)(C)NC(=O)CN1CCOC(C(C)N)C1. The number of morpholine rings is 1. The molecule has 5 heteroatoms. The molecule has 1 amide bonds. The highest BCUT2D eigenvalue weighted by atomic mass is 16.5. The molecule has 0 spiro atoms. The molecule has 0 bridgehead atoms. The van der Waals surface area contributed by atoms with Crippen molar-refractivity contribution in [3.63, 3.8) is 0 Å². The Balaban J connectivity index is 2.40. The van der Waals surface area contributed by atoms with Gasteiger partial charge in [-0.25, -0.2) is 0 Å². The van der Waals surface area contributed by atoms with Crippen molar-refractivity contribution >= 4 is 5.91 Å². The Morgan fingerprint density at radius 3 is 2.83 bits per heavy atom. The Bertz CT molecular complexity index is 279. The maximum atomic E-state index is 11.9. The molecule has 0 aliphatic carbocycles. The lowest BCUT2D eigenvalue weighted by Crippen LogP contribution is -2.53.